The number of aryl methyl sites for hydroxylation is 1. The molecule has 3 aliphatic rings. The normalized spacial score (nSPS) is 26.5. The van der Waals surface area contributed by atoms with E-state index in [1.807, 2.05) is 0 Å². The third kappa shape index (κ3) is 4.33. The maximum absolute atomic E-state index is 14.9. The lowest BCUT2D eigenvalue weighted by atomic mass is 9.76. The van der Waals surface area contributed by atoms with Crippen LogP contribution in [0.2, 0.25) is 0 Å². The number of fused-ring (bicyclic) bond motifs is 3. The van der Waals surface area contributed by atoms with Crippen LogP contribution in [0.3, 0.4) is 0 Å². The van der Waals surface area contributed by atoms with E-state index in [2.05, 4.69) is 0 Å². The summed E-state index contributed by atoms with van der Waals surface area (Å²) < 4.78 is 150. The van der Waals surface area contributed by atoms with Gasteiger partial charge in [0.1, 0.15) is 16.6 Å². The second-order valence-corrected chi connectivity index (χ2v) is 13.1. The van der Waals surface area contributed by atoms with Crippen LogP contribution in [0.5, 0.6) is 0 Å². The number of rotatable bonds is 4. The minimum Gasteiger partial charge on any atom is -0.336 e. The van der Waals surface area contributed by atoms with Crippen LogP contribution in [0.1, 0.15) is 36.0 Å². The quantitative estimate of drug-likeness (QED) is 0.352. The van der Waals surface area contributed by atoms with Gasteiger partial charge in [0.15, 0.2) is 16.0 Å². The molecule has 6 nitrogen and oxygen atoms in total. The van der Waals surface area contributed by atoms with Crippen molar-refractivity contribution in [2.24, 2.45) is 0 Å². The lowest BCUT2D eigenvalue weighted by Gasteiger charge is -2.43. The Morgan fingerprint density at radius 2 is 1.58 bits per heavy atom. The molecule has 234 valence electrons. The van der Waals surface area contributed by atoms with Crippen molar-refractivity contribution in [2.45, 2.75) is 71.6 Å². The van der Waals surface area contributed by atoms with Gasteiger partial charge in [0.05, 0.1) is 10.9 Å². The topological polar surface area (TPSA) is 74.8 Å². The monoisotopic (exact) mass is 642 g/mol. The molecule has 16 heteroatoms. The highest BCUT2D eigenvalue weighted by molar-refractivity contribution is 7.92. The number of nitrogens with zero attached hydrogens (tertiary/aromatic N) is 2. The van der Waals surface area contributed by atoms with E-state index < -0.39 is 91.8 Å². The number of amides is 2. The Morgan fingerprint density at radius 3 is 2.12 bits per heavy atom. The van der Waals surface area contributed by atoms with Gasteiger partial charge in [-0.15, -0.1) is 0 Å². The molecule has 1 aliphatic carbocycles. The molecule has 2 amide bonds. The van der Waals surface area contributed by atoms with Gasteiger partial charge < -0.3 is 9.80 Å². The van der Waals surface area contributed by atoms with Gasteiger partial charge in [0.2, 0.25) is 5.91 Å². The first-order chi connectivity index (χ1) is 19.8. The SMILES string of the molecule is CN1C(=O)[C@@H](F)C[C@H]1C(=O)N1CC[C@@]2(S(=O)(=O)c3ccc(F)cc3)c3ccc(C(F)(C(F)(F)F)C(F)(F)F)cc3CC[C@@H]12. The van der Waals surface area contributed by atoms with Crippen LogP contribution < -0.4 is 0 Å². The van der Waals surface area contributed by atoms with Crippen molar-refractivity contribution >= 4 is 21.7 Å². The molecule has 2 aromatic carbocycles. The van der Waals surface area contributed by atoms with E-state index in [0.29, 0.717) is 12.1 Å². The van der Waals surface area contributed by atoms with Gasteiger partial charge in [-0.2, -0.15) is 26.3 Å². The first-order valence-electron chi connectivity index (χ1n) is 13.0. The third-order valence-electron chi connectivity index (χ3n) is 8.75. The second-order valence-electron chi connectivity index (χ2n) is 10.9. The molecule has 0 saturated carbocycles. The van der Waals surface area contributed by atoms with Crippen LogP contribution in [-0.4, -0.2) is 74.2 Å². The minimum atomic E-state index is -6.40. The van der Waals surface area contributed by atoms with Crippen LogP contribution in [0.25, 0.3) is 0 Å². The lowest BCUT2D eigenvalue weighted by molar-refractivity contribution is -0.348. The molecule has 2 heterocycles. The summed E-state index contributed by atoms with van der Waals surface area (Å²) in [4.78, 5) is 27.2. The number of benzene rings is 2. The average Bonchev–Trinajstić information content (AvgIpc) is 3.45. The number of halogens is 9. The summed E-state index contributed by atoms with van der Waals surface area (Å²) >= 11 is 0. The highest BCUT2D eigenvalue weighted by Crippen LogP contribution is 2.57. The Morgan fingerprint density at radius 1 is 0.977 bits per heavy atom. The number of sulfone groups is 1. The molecule has 0 N–H and O–H groups in total. The molecule has 2 aromatic rings. The number of hydrogen-bond acceptors (Lipinski definition) is 4. The van der Waals surface area contributed by atoms with E-state index in [1.165, 1.54) is 7.05 Å². The molecule has 0 aromatic heterocycles. The lowest BCUT2D eigenvalue weighted by Crippen LogP contribution is -2.55. The fourth-order valence-electron chi connectivity index (χ4n) is 6.61. The van der Waals surface area contributed by atoms with E-state index in [-0.39, 0.29) is 36.6 Å². The van der Waals surface area contributed by atoms with Crippen LogP contribution >= 0.6 is 0 Å². The maximum Gasteiger partial charge on any atom is 0.435 e. The molecule has 0 bridgehead atoms. The van der Waals surface area contributed by atoms with Gasteiger partial charge >= 0.3 is 18.0 Å². The number of alkyl halides is 8. The Hall–Kier alpha value is -3.30. The number of carbonyl (C=O) groups is 2. The van der Waals surface area contributed by atoms with Crippen molar-refractivity contribution in [2.75, 3.05) is 13.6 Å². The van der Waals surface area contributed by atoms with Crippen LogP contribution in [0.4, 0.5) is 39.5 Å². The molecule has 5 rings (SSSR count). The zero-order chi connectivity index (χ0) is 31.9. The maximum atomic E-state index is 14.9. The van der Waals surface area contributed by atoms with Gasteiger partial charge in [-0.3, -0.25) is 9.59 Å². The average molecular weight is 643 g/mol. The first-order valence-corrected chi connectivity index (χ1v) is 14.4. The molecule has 0 spiro atoms. The Kier molecular flexibility index (Phi) is 7.14. The zero-order valence-electron chi connectivity index (χ0n) is 22.1. The van der Waals surface area contributed by atoms with Gasteiger partial charge in [0.25, 0.3) is 5.91 Å². The minimum absolute atomic E-state index is 0.228. The molecule has 0 unspecified atom stereocenters. The molecule has 43 heavy (non-hydrogen) atoms. The van der Waals surface area contributed by atoms with Gasteiger partial charge in [-0.1, -0.05) is 18.2 Å². The number of likely N-dealkylation sites (tertiary alicyclic amines) is 2. The molecular formula is C27H23F9N2O4S. The van der Waals surface area contributed by atoms with E-state index in [0.717, 1.165) is 34.1 Å². The molecule has 0 radical (unpaired) electrons. The van der Waals surface area contributed by atoms with Crippen LogP contribution in [0.15, 0.2) is 47.4 Å². The Bertz CT molecular complexity index is 1560. The summed E-state index contributed by atoms with van der Waals surface area (Å²) in [5.41, 5.74) is -8.08. The largest absolute Gasteiger partial charge is 0.435 e. The standard InChI is InChI=1S/C27H23F9N2O4S/c1-37-20(13-19(29)22(37)39)23(40)38-11-10-24(43(41,42)17-6-4-16(28)5-7-17)18-8-3-15(12-14(18)2-9-21(24)38)25(30,26(31,32)33)27(34,35)36/h3-8,12,19-21H,2,9-11,13H2,1H3/t19-,20-,21+,24+/m0/s1. The molecular weight excluding hydrogens is 619 g/mol. The first kappa shape index (κ1) is 31.1. The fourth-order valence-corrected chi connectivity index (χ4v) is 8.97. The summed E-state index contributed by atoms with van der Waals surface area (Å²) in [5, 5.41) is 0. The van der Waals surface area contributed by atoms with E-state index >= 15 is 0 Å². The number of carbonyl (C=O) groups excluding carboxylic acids is 2. The van der Waals surface area contributed by atoms with Gasteiger partial charge in [-0.05, 0) is 54.7 Å². The molecule has 2 saturated heterocycles. The number of hydrogen-bond donors (Lipinski definition) is 0. The Labute approximate surface area is 239 Å². The summed E-state index contributed by atoms with van der Waals surface area (Å²) in [6.07, 6.45) is -16.3. The second kappa shape index (κ2) is 9.86. The Balaban J connectivity index is 1.68. The third-order valence-corrected chi connectivity index (χ3v) is 11.3. The predicted octanol–water partition coefficient (Wildman–Crippen LogP) is 4.90. The molecule has 4 atom stereocenters. The highest BCUT2D eigenvalue weighted by atomic mass is 32.2. The molecule has 2 fully saturated rings. The van der Waals surface area contributed by atoms with Crippen molar-refractivity contribution in [3.8, 4) is 0 Å². The van der Waals surface area contributed by atoms with Crippen molar-refractivity contribution in [1.29, 1.82) is 0 Å². The summed E-state index contributed by atoms with van der Waals surface area (Å²) in [6.45, 7) is -0.279. The fraction of sp³-hybridized carbons (Fsp3) is 0.481. The number of likely N-dealkylation sites (N-methyl/N-ethyl adjacent to an activating group) is 1. The van der Waals surface area contributed by atoms with Crippen molar-refractivity contribution in [3.05, 3.63) is 65.0 Å². The zero-order valence-corrected chi connectivity index (χ0v) is 23.0. The van der Waals surface area contributed by atoms with Gasteiger partial charge in [-0.25, -0.2) is 21.6 Å². The van der Waals surface area contributed by atoms with Crippen molar-refractivity contribution in [3.63, 3.8) is 0 Å². The van der Waals surface area contributed by atoms with Gasteiger partial charge in [0, 0.05) is 25.6 Å². The molecule has 2 aliphatic heterocycles. The van der Waals surface area contributed by atoms with Crippen molar-refractivity contribution < 1.29 is 57.5 Å². The van der Waals surface area contributed by atoms with Crippen molar-refractivity contribution in [1.82, 2.24) is 9.80 Å². The summed E-state index contributed by atoms with van der Waals surface area (Å²) in [6, 6.07) is 2.28. The van der Waals surface area contributed by atoms with E-state index in [9.17, 15) is 57.5 Å². The summed E-state index contributed by atoms with van der Waals surface area (Å²) in [5.74, 6) is -2.53. The van der Waals surface area contributed by atoms with Crippen LogP contribution in [-0.2, 0) is 36.3 Å². The van der Waals surface area contributed by atoms with E-state index in [4.69, 9.17) is 0 Å². The van der Waals surface area contributed by atoms with E-state index in [1.54, 1.807) is 0 Å². The summed E-state index contributed by atoms with van der Waals surface area (Å²) in [7, 11) is -3.47. The highest BCUT2D eigenvalue weighted by Gasteiger charge is 2.74. The van der Waals surface area contributed by atoms with Crippen LogP contribution in [0, 0.1) is 5.82 Å². The smallest absolute Gasteiger partial charge is 0.336 e. The predicted molar refractivity (Wildman–Crippen MR) is 131 cm³/mol.